The normalized spacial score (nSPS) is 16.8. The first-order valence-corrected chi connectivity index (χ1v) is 14.2. The summed E-state index contributed by atoms with van der Waals surface area (Å²) in [5.74, 6) is 0.878. The second-order valence-corrected chi connectivity index (χ2v) is 14.6. The van der Waals surface area contributed by atoms with E-state index >= 15 is 0 Å². The summed E-state index contributed by atoms with van der Waals surface area (Å²) in [5.41, 5.74) is 0. The van der Waals surface area contributed by atoms with Crippen molar-refractivity contribution in [2.45, 2.75) is 70.8 Å². The molecule has 1 aliphatic rings. The van der Waals surface area contributed by atoms with Crippen LogP contribution in [0.4, 0.5) is 0 Å². The number of benzene rings is 2. The fourth-order valence-electron chi connectivity index (χ4n) is 5.33. The summed E-state index contributed by atoms with van der Waals surface area (Å²) in [6.45, 7) is 7.48. The number of aldehydes is 1. The SMILES string of the molecule is CC(C)(C)[Si](OC/C=C/C[C@@H](C=O)CC1CCCCC1)(c1ccccc1)c1ccccc1. The van der Waals surface area contributed by atoms with Crippen molar-refractivity contribution in [1.82, 2.24) is 0 Å². The molecular weight excluding hydrogens is 408 g/mol. The zero-order valence-corrected chi connectivity index (χ0v) is 21.1. The van der Waals surface area contributed by atoms with E-state index in [1.807, 2.05) is 0 Å². The van der Waals surface area contributed by atoms with Crippen LogP contribution in [0.3, 0.4) is 0 Å². The Balaban J connectivity index is 1.72. The molecule has 1 atom stereocenters. The maximum atomic E-state index is 11.6. The lowest BCUT2D eigenvalue weighted by Crippen LogP contribution is -2.66. The van der Waals surface area contributed by atoms with Gasteiger partial charge in [-0.05, 0) is 34.2 Å². The molecule has 1 fully saturated rings. The number of allylic oxidation sites excluding steroid dienone is 1. The van der Waals surface area contributed by atoms with Gasteiger partial charge in [0.15, 0.2) is 0 Å². The molecule has 0 amide bonds. The number of carbonyl (C=O) groups excluding carboxylic acids is 1. The molecule has 0 bridgehead atoms. The van der Waals surface area contributed by atoms with Gasteiger partial charge in [-0.15, -0.1) is 0 Å². The van der Waals surface area contributed by atoms with E-state index in [-0.39, 0.29) is 11.0 Å². The van der Waals surface area contributed by atoms with Gasteiger partial charge in [-0.25, -0.2) is 0 Å². The van der Waals surface area contributed by atoms with Crippen LogP contribution in [0.25, 0.3) is 0 Å². The molecule has 3 heteroatoms. The molecule has 172 valence electrons. The van der Waals surface area contributed by atoms with Crippen LogP contribution in [-0.2, 0) is 9.22 Å². The minimum Gasteiger partial charge on any atom is -0.404 e. The van der Waals surface area contributed by atoms with Gasteiger partial charge in [-0.3, -0.25) is 0 Å². The Hall–Kier alpha value is -1.97. The van der Waals surface area contributed by atoms with E-state index in [1.54, 1.807) is 0 Å². The van der Waals surface area contributed by atoms with Gasteiger partial charge < -0.3 is 9.22 Å². The summed E-state index contributed by atoms with van der Waals surface area (Å²) >= 11 is 0. The molecule has 0 heterocycles. The van der Waals surface area contributed by atoms with Gasteiger partial charge >= 0.3 is 0 Å². The average molecular weight is 449 g/mol. The molecule has 0 saturated heterocycles. The molecule has 0 unspecified atom stereocenters. The third-order valence-electron chi connectivity index (χ3n) is 6.97. The molecule has 2 aromatic rings. The van der Waals surface area contributed by atoms with E-state index in [9.17, 15) is 4.79 Å². The maximum Gasteiger partial charge on any atom is 0.261 e. The van der Waals surface area contributed by atoms with Gasteiger partial charge in [0.1, 0.15) is 6.29 Å². The van der Waals surface area contributed by atoms with Crippen molar-refractivity contribution >= 4 is 25.0 Å². The number of carbonyl (C=O) groups is 1. The van der Waals surface area contributed by atoms with Crippen molar-refractivity contribution in [3.8, 4) is 0 Å². The van der Waals surface area contributed by atoms with E-state index < -0.39 is 8.32 Å². The lowest BCUT2D eigenvalue weighted by molar-refractivity contribution is -0.111. The highest BCUT2D eigenvalue weighted by atomic mass is 28.4. The third-order valence-corrected chi connectivity index (χ3v) is 12.0. The molecular formula is C29H40O2Si. The number of rotatable bonds is 10. The Kier molecular flexibility index (Phi) is 9.07. The predicted molar refractivity (Wildman–Crippen MR) is 138 cm³/mol. The molecule has 32 heavy (non-hydrogen) atoms. The third kappa shape index (κ3) is 6.08. The van der Waals surface area contributed by atoms with Gasteiger partial charge in [-0.1, -0.05) is 126 Å². The molecule has 0 N–H and O–H groups in total. The van der Waals surface area contributed by atoms with Crippen LogP contribution in [0.5, 0.6) is 0 Å². The fraction of sp³-hybridized carbons (Fsp3) is 0.483. The summed E-state index contributed by atoms with van der Waals surface area (Å²) < 4.78 is 6.90. The van der Waals surface area contributed by atoms with Gasteiger partial charge in [-0.2, -0.15) is 0 Å². The van der Waals surface area contributed by atoms with Gasteiger partial charge in [0, 0.05) is 5.92 Å². The number of hydrogen-bond acceptors (Lipinski definition) is 2. The molecule has 0 aromatic heterocycles. The van der Waals surface area contributed by atoms with Crippen LogP contribution < -0.4 is 10.4 Å². The van der Waals surface area contributed by atoms with Crippen LogP contribution in [0.15, 0.2) is 72.8 Å². The molecule has 0 spiro atoms. The molecule has 1 aliphatic carbocycles. The van der Waals surface area contributed by atoms with Crippen molar-refractivity contribution in [3.05, 3.63) is 72.8 Å². The standard InChI is InChI=1S/C29H40O2Si/c1-29(2,3)32(27-18-9-5-10-19-27,28-20-11-6-12-21-28)31-22-14-13-17-26(24-30)23-25-15-7-4-8-16-25/h5-6,9-14,18-21,24-26H,4,7-8,15-17,22-23H2,1-3H3/b14-13+/t26-/m1/s1. The Morgan fingerprint density at radius 3 is 1.97 bits per heavy atom. The van der Waals surface area contributed by atoms with Crippen molar-refractivity contribution in [2.24, 2.45) is 11.8 Å². The molecule has 0 radical (unpaired) electrons. The van der Waals surface area contributed by atoms with E-state index in [0.29, 0.717) is 6.61 Å². The quantitative estimate of drug-likeness (QED) is 0.242. The summed E-state index contributed by atoms with van der Waals surface area (Å²) in [4.78, 5) is 11.6. The lowest BCUT2D eigenvalue weighted by atomic mass is 9.82. The van der Waals surface area contributed by atoms with Crippen molar-refractivity contribution in [3.63, 3.8) is 0 Å². The summed E-state index contributed by atoms with van der Waals surface area (Å²) in [6, 6.07) is 21.5. The summed E-state index contributed by atoms with van der Waals surface area (Å²) in [5, 5.41) is 2.58. The van der Waals surface area contributed by atoms with E-state index in [1.165, 1.54) is 48.8 Å². The van der Waals surface area contributed by atoms with Crippen molar-refractivity contribution in [1.29, 1.82) is 0 Å². The average Bonchev–Trinajstić information content (AvgIpc) is 2.81. The smallest absolute Gasteiger partial charge is 0.261 e. The lowest BCUT2D eigenvalue weighted by Gasteiger charge is -2.42. The monoisotopic (exact) mass is 448 g/mol. The van der Waals surface area contributed by atoms with Crippen LogP contribution in [0.1, 0.15) is 65.7 Å². The highest BCUT2D eigenvalue weighted by Crippen LogP contribution is 2.36. The largest absolute Gasteiger partial charge is 0.404 e. The Bertz CT molecular complexity index is 793. The highest BCUT2D eigenvalue weighted by molar-refractivity contribution is 6.99. The highest BCUT2D eigenvalue weighted by Gasteiger charge is 2.49. The van der Waals surface area contributed by atoms with E-state index in [0.717, 1.165) is 18.8 Å². The van der Waals surface area contributed by atoms with Crippen molar-refractivity contribution < 1.29 is 9.22 Å². The molecule has 1 saturated carbocycles. The zero-order valence-electron chi connectivity index (χ0n) is 20.1. The first-order valence-electron chi connectivity index (χ1n) is 12.3. The topological polar surface area (TPSA) is 26.3 Å². The minimum absolute atomic E-state index is 0.0180. The van der Waals surface area contributed by atoms with Gasteiger partial charge in [0.2, 0.25) is 0 Å². The van der Waals surface area contributed by atoms with E-state index in [4.69, 9.17) is 4.43 Å². The van der Waals surface area contributed by atoms with Gasteiger partial charge in [0.05, 0.1) is 6.61 Å². The molecule has 0 aliphatic heterocycles. The van der Waals surface area contributed by atoms with Crippen molar-refractivity contribution in [2.75, 3.05) is 6.61 Å². The van der Waals surface area contributed by atoms with Crippen LogP contribution >= 0.6 is 0 Å². The fourth-order valence-corrected chi connectivity index (χ4v) is 9.83. The Labute approximate surface area is 196 Å². The Morgan fingerprint density at radius 2 is 1.47 bits per heavy atom. The van der Waals surface area contributed by atoms with E-state index in [2.05, 4.69) is 93.6 Å². The zero-order chi connectivity index (χ0) is 22.9. The van der Waals surface area contributed by atoms with Crippen LogP contribution in [-0.4, -0.2) is 21.2 Å². The second-order valence-electron chi connectivity index (χ2n) is 10.3. The summed E-state index contributed by atoms with van der Waals surface area (Å²) in [7, 11) is -2.49. The molecule has 2 nitrogen and oxygen atoms in total. The van der Waals surface area contributed by atoms with Gasteiger partial charge in [0.25, 0.3) is 8.32 Å². The maximum absolute atomic E-state index is 11.6. The first kappa shape index (κ1) is 24.7. The minimum atomic E-state index is -2.49. The van der Waals surface area contributed by atoms with Crippen LogP contribution in [0.2, 0.25) is 5.04 Å². The predicted octanol–water partition coefficient (Wildman–Crippen LogP) is 6.29. The van der Waals surface area contributed by atoms with Crippen LogP contribution in [0, 0.1) is 11.8 Å². The first-order chi connectivity index (χ1) is 15.5. The summed E-state index contributed by atoms with van der Waals surface area (Å²) in [6.07, 6.45) is 14.0. The Morgan fingerprint density at radius 1 is 0.906 bits per heavy atom. The number of hydrogen-bond donors (Lipinski definition) is 0. The molecule has 3 rings (SSSR count). The second kappa shape index (κ2) is 11.8. The molecule has 2 aromatic carbocycles.